The molecule has 0 saturated heterocycles. The number of non-ortho nitro benzene ring substituents is 1. The maximum atomic E-state index is 12.1. The Morgan fingerprint density at radius 2 is 1.69 bits per heavy atom. The van der Waals surface area contributed by atoms with E-state index in [1.165, 1.54) is 30.3 Å². The summed E-state index contributed by atoms with van der Waals surface area (Å²) in [4.78, 5) is 37.9. The number of pyridine rings is 1. The third-order valence-corrected chi connectivity index (χ3v) is 3.73. The van der Waals surface area contributed by atoms with Gasteiger partial charge in [0.25, 0.3) is 11.5 Å². The van der Waals surface area contributed by atoms with Gasteiger partial charge in [-0.25, -0.2) is 9.78 Å². The number of rotatable bonds is 5. The van der Waals surface area contributed by atoms with E-state index in [9.17, 15) is 19.7 Å². The first kappa shape index (κ1) is 17.0. The zero-order chi connectivity index (χ0) is 18.7. The number of carbonyl (C=O) groups is 2. The summed E-state index contributed by atoms with van der Waals surface area (Å²) < 4.78 is 0. The lowest BCUT2D eigenvalue weighted by molar-refractivity contribution is -0.384. The number of nitro benzene ring substituents is 1. The summed E-state index contributed by atoms with van der Waals surface area (Å²) in [5.41, 5.74) is 1.09. The first-order valence-corrected chi connectivity index (χ1v) is 7.55. The van der Waals surface area contributed by atoms with Gasteiger partial charge >= 0.3 is 5.97 Å². The second-order valence-electron chi connectivity index (χ2n) is 5.43. The molecule has 0 amide bonds. The Labute approximate surface area is 147 Å². The Balaban J connectivity index is 2.10. The molecule has 0 unspecified atom stereocenters. The van der Waals surface area contributed by atoms with Crippen molar-refractivity contribution in [1.82, 2.24) is 4.98 Å². The molecule has 2 aromatic carbocycles. The zero-order valence-electron chi connectivity index (χ0n) is 13.3. The van der Waals surface area contributed by atoms with Gasteiger partial charge in [0.15, 0.2) is 0 Å². The van der Waals surface area contributed by atoms with Crippen molar-refractivity contribution in [2.75, 3.05) is 0 Å². The molecule has 7 heteroatoms. The number of nitro groups is 1. The topological polar surface area (TPSA) is 110 Å². The quantitative estimate of drug-likeness (QED) is 0.328. The molecule has 1 N–H and O–H groups in total. The van der Waals surface area contributed by atoms with E-state index >= 15 is 0 Å². The Morgan fingerprint density at radius 3 is 2.35 bits per heavy atom. The summed E-state index contributed by atoms with van der Waals surface area (Å²) in [6, 6.07) is 16.0. The molecule has 1 aromatic heterocycles. The molecule has 0 radical (unpaired) electrons. The highest BCUT2D eigenvalue weighted by Gasteiger charge is 2.21. The van der Waals surface area contributed by atoms with Crippen LogP contribution in [0, 0.1) is 10.1 Å². The van der Waals surface area contributed by atoms with Crippen LogP contribution in [-0.4, -0.2) is 26.8 Å². The lowest BCUT2D eigenvalue weighted by Crippen LogP contribution is -2.15. The van der Waals surface area contributed by atoms with E-state index in [1.807, 2.05) is 12.1 Å². The Morgan fingerprint density at radius 1 is 1.00 bits per heavy atom. The molecule has 7 nitrogen and oxygen atoms in total. The van der Waals surface area contributed by atoms with Gasteiger partial charge in [0, 0.05) is 17.5 Å². The predicted molar refractivity (Wildman–Crippen MR) is 95.4 cm³/mol. The maximum Gasteiger partial charge on any atom is 0.377 e. The highest BCUT2D eigenvalue weighted by Crippen LogP contribution is 2.22. The van der Waals surface area contributed by atoms with Crippen LogP contribution in [0.25, 0.3) is 22.6 Å². The predicted octanol–water partition coefficient (Wildman–Crippen LogP) is 3.34. The lowest BCUT2D eigenvalue weighted by Gasteiger charge is -2.06. The largest absolute Gasteiger partial charge is 0.475 e. The van der Waals surface area contributed by atoms with Crippen molar-refractivity contribution in [3.05, 3.63) is 82.0 Å². The second kappa shape index (κ2) is 6.94. The maximum absolute atomic E-state index is 12.1. The highest BCUT2D eigenvalue weighted by atomic mass is 16.6. The average Bonchev–Trinajstić information content (AvgIpc) is 2.65. The van der Waals surface area contributed by atoms with Crippen LogP contribution in [0.1, 0.15) is 11.3 Å². The van der Waals surface area contributed by atoms with Gasteiger partial charge in [0.1, 0.15) is 0 Å². The van der Waals surface area contributed by atoms with Crippen molar-refractivity contribution in [2.45, 2.75) is 0 Å². The van der Waals surface area contributed by atoms with Gasteiger partial charge < -0.3 is 5.11 Å². The van der Waals surface area contributed by atoms with Crippen molar-refractivity contribution < 1.29 is 19.6 Å². The third kappa shape index (κ3) is 3.46. The van der Waals surface area contributed by atoms with Crippen molar-refractivity contribution in [1.29, 1.82) is 0 Å². The van der Waals surface area contributed by atoms with E-state index in [4.69, 9.17) is 5.11 Å². The van der Waals surface area contributed by atoms with Gasteiger partial charge in [0.2, 0.25) is 0 Å². The van der Waals surface area contributed by atoms with Crippen molar-refractivity contribution >= 4 is 40.0 Å². The molecule has 0 aliphatic carbocycles. The molecule has 3 aromatic rings. The van der Waals surface area contributed by atoms with Crippen molar-refractivity contribution in [3.63, 3.8) is 0 Å². The summed E-state index contributed by atoms with van der Waals surface area (Å²) in [5.74, 6) is -2.71. The molecule has 0 bridgehead atoms. The molecule has 0 aliphatic rings. The number of Topliss-reactive ketones (excluding diaryl/α,β-unsaturated/α-hetero) is 1. The number of benzene rings is 2. The zero-order valence-corrected chi connectivity index (χ0v) is 13.3. The smallest absolute Gasteiger partial charge is 0.377 e. The first-order valence-electron chi connectivity index (χ1n) is 7.55. The number of aromatic nitrogens is 1. The van der Waals surface area contributed by atoms with Gasteiger partial charge in [-0.2, -0.15) is 0 Å². The van der Waals surface area contributed by atoms with Crippen LogP contribution in [0.2, 0.25) is 0 Å². The van der Waals surface area contributed by atoms with Crippen LogP contribution in [-0.2, 0) is 9.59 Å². The fourth-order valence-corrected chi connectivity index (χ4v) is 2.45. The number of para-hydroxylation sites is 1. The SMILES string of the molecule is O=C(O)C(=O)/C(=C\c1ccc([N+](=O)[O-])cc1)c1ccc2ccccc2n1. The number of nitrogens with zero attached hydrogens (tertiary/aromatic N) is 2. The van der Waals surface area contributed by atoms with Gasteiger partial charge in [-0.05, 0) is 35.9 Å². The molecule has 0 aliphatic heterocycles. The average molecular weight is 348 g/mol. The van der Waals surface area contributed by atoms with E-state index in [-0.39, 0.29) is 17.0 Å². The molecule has 0 fully saturated rings. The molecule has 128 valence electrons. The fraction of sp³-hybridized carbons (Fsp3) is 0. The normalized spacial score (nSPS) is 11.3. The molecule has 3 rings (SSSR count). The number of ketones is 1. The minimum Gasteiger partial charge on any atom is -0.475 e. The van der Waals surface area contributed by atoms with Crippen molar-refractivity contribution in [3.8, 4) is 0 Å². The van der Waals surface area contributed by atoms with E-state index in [0.29, 0.717) is 11.1 Å². The van der Waals surface area contributed by atoms with E-state index in [2.05, 4.69) is 4.98 Å². The second-order valence-corrected chi connectivity index (χ2v) is 5.43. The summed E-state index contributed by atoms with van der Waals surface area (Å²) in [6.45, 7) is 0. The van der Waals surface area contributed by atoms with E-state index in [1.54, 1.807) is 24.3 Å². The Bertz CT molecular complexity index is 1050. The third-order valence-electron chi connectivity index (χ3n) is 3.73. The van der Waals surface area contributed by atoms with Crippen LogP contribution in [0.4, 0.5) is 5.69 Å². The molecular weight excluding hydrogens is 336 g/mol. The van der Waals surface area contributed by atoms with Crippen LogP contribution in [0.15, 0.2) is 60.7 Å². The summed E-state index contributed by atoms with van der Waals surface area (Å²) in [6.07, 6.45) is 1.36. The number of carboxylic acid groups (broad SMARTS) is 1. The van der Waals surface area contributed by atoms with Gasteiger partial charge in [0.05, 0.1) is 21.7 Å². The standard InChI is InChI=1S/C19H12N2O5/c22-18(19(23)24)15(11-12-5-8-14(9-6-12)21(25)26)17-10-7-13-3-1-2-4-16(13)20-17/h1-11H,(H,23,24)/b15-11-. The number of fused-ring (bicyclic) bond motifs is 1. The summed E-state index contributed by atoms with van der Waals surface area (Å²) in [5, 5.41) is 20.7. The minimum absolute atomic E-state index is 0.0999. The Hall–Kier alpha value is -3.87. The van der Waals surface area contributed by atoms with Crippen LogP contribution >= 0.6 is 0 Å². The molecular formula is C19H12N2O5. The lowest BCUT2D eigenvalue weighted by atomic mass is 10.0. The summed E-state index contributed by atoms with van der Waals surface area (Å²) >= 11 is 0. The van der Waals surface area contributed by atoms with E-state index < -0.39 is 16.7 Å². The van der Waals surface area contributed by atoms with Crippen LogP contribution in [0.5, 0.6) is 0 Å². The van der Waals surface area contributed by atoms with Crippen LogP contribution in [0.3, 0.4) is 0 Å². The number of hydrogen-bond acceptors (Lipinski definition) is 5. The minimum atomic E-state index is -1.60. The van der Waals surface area contributed by atoms with Gasteiger partial charge in [-0.1, -0.05) is 24.3 Å². The number of carboxylic acids is 1. The van der Waals surface area contributed by atoms with Gasteiger partial charge in [-0.3, -0.25) is 14.9 Å². The molecule has 26 heavy (non-hydrogen) atoms. The molecule has 1 heterocycles. The number of hydrogen-bond donors (Lipinski definition) is 1. The fourth-order valence-electron chi connectivity index (χ4n) is 2.45. The van der Waals surface area contributed by atoms with E-state index in [0.717, 1.165) is 5.39 Å². The number of aliphatic carboxylic acids is 1. The number of carbonyl (C=O) groups excluding carboxylic acids is 1. The Kier molecular flexibility index (Phi) is 4.53. The highest BCUT2D eigenvalue weighted by molar-refractivity contribution is 6.52. The first-order chi connectivity index (χ1) is 12.5. The van der Waals surface area contributed by atoms with Gasteiger partial charge in [-0.15, -0.1) is 0 Å². The van der Waals surface area contributed by atoms with Crippen molar-refractivity contribution in [2.24, 2.45) is 0 Å². The van der Waals surface area contributed by atoms with Crippen LogP contribution < -0.4 is 0 Å². The monoisotopic (exact) mass is 348 g/mol. The summed E-state index contributed by atoms with van der Waals surface area (Å²) in [7, 11) is 0. The molecule has 0 spiro atoms. The molecule has 0 saturated carbocycles. The molecule has 0 atom stereocenters.